The smallest absolute Gasteiger partial charge is 0.231 e. The maximum Gasteiger partial charge on any atom is 0.231 e. The van der Waals surface area contributed by atoms with Gasteiger partial charge >= 0.3 is 0 Å². The predicted octanol–water partition coefficient (Wildman–Crippen LogP) is 3.85. The molecule has 2 unspecified atom stereocenters. The van der Waals surface area contributed by atoms with Crippen LogP contribution in [0.15, 0.2) is 36.4 Å². The molecule has 142 valence electrons. The van der Waals surface area contributed by atoms with Crippen LogP contribution >= 0.6 is 0 Å². The van der Waals surface area contributed by atoms with E-state index in [1.54, 1.807) is 0 Å². The van der Waals surface area contributed by atoms with Gasteiger partial charge in [0.15, 0.2) is 11.5 Å². The van der Waals surface area contributed by atoms with E-state index in [4.69, 9.17) is 14.2 Å². The van der Waals surface area contributed by atoms with Crippen molar-refractivity contribution in [1.29, 1.82) is 0 Å². The second kappa shape index (κ2) is 7.61. The Morgan fingerprint density at radius 1 is 1.19 bits per heavy atom. The Kier molecular flexibility index (Phi) is 5.03. The molecule has 2 aromatic rings. The summed E-state index contributed by atoms with van der Waals surface area (Å²) in [5.41, 5.74) is 3.58. The summed E-state index contributed by atoms with van der Waals surface area (Å²) in [6.45, 7) is 6.28. The highest BCUT2D eigenvalue weighted by Gasteiger charge is 2.34. The monoisotopic (exact) mass is 367 g/mol. The second-order valence-electron chi connectivity index (χ2n) is 7.14. The molecular weight excluding hydrogens is 342 g/mol. The van der Waals surface area contributed by atoms with Gasteiger partial charge in [0.05, 0.1) is 13.2 Å². The molecule has 0 aromatic heterocycles. The van der Waals surface area contributed by atoms with Crippen LogP contribution in [-0.4, -0.2) is 37.7 Å². The van der Waals surface area contributed by atoms with Crippen molar-refractivity contribution in [2.75, 3.05) is 26.5 Å². The summed E-state index contributed by atoms with van der Waals surface area (Å²) in [6.07, 6.45) is 1.97. The highest BCUT2D eigenvalue weighted by atomic mass is 16.7. The standard InChI is InChI=1S/C22H25NO4/c1-3-25-19-6-4-16(5-7-19)20-11-18(13-23(20)8-9-24)17-10-15(2)22-21(12-17)26-14-27-22/h4-7,9-10,12,18,20H,3,8,11,13-14H2,1-2H3. The van der Waals surface area contributed by atoms with Gasteiger partial charge in [-0.25, -0.2) is 0 Å². The van der Waals surface area contributed by atoms with Gasteiger partial charge in [0.2, 0.25) is 6.79 Å². The molecule has 2 aromatic carbocycles. The van der Waals surface area contributed by atoms with Gasteiger partial charge < -0.3 is 19.0 Å². The van der Waals surface area contributed by atoms with E-state index in [2.05, 4.69) is 36.1 Å². The van der Waals surface area contributed by atoms with Gasteiger partial charge in [0.25, 0.3) is 0 Å². The second-order valence-corrected chi connectivity index (χ2v) is 7.14. The first kappa shape index (κ1) is 17.9. The van der Waals surface area contributed by atoms with Gasteiger partial charge in [-0.3, -0.25) is 4.90 Å². The van der Waals surface area contributed by atoms with E-state index in [1.807, 2.05) is 19.1 Å². The highest BCUT2D eigenvalue weighted by molar-refractivity contribution is 5.53. The first-order chi connectivity index (χ1) is 13.2. The van der Waals surface area contributed by atoms with E-state index in [0.717, 1.165) is 42.1 Å². The van der Waals surface area contributed by atoms with Gasteiger partial charge in [-0.1, -0.05) is 18.2 Å². The molecule has 1 fully saturated rings. The number of fused-ring (bicyclic) bond motifs is 1. The molecule has 0 bridgehead atoms. The Morgan fingerprint density at radius 3 is 2.74 bits per heavy atom. The summed E-state index contributed by atoms with van der Waals surface area (Å²) in [4.78, 5) is 13.5. The number of carbonyl (C=O) groups excluding carboxylic acids is 1. The van der Waals surface area contributed by atoms with E-state index in [9.17, 15) is 4.79 Å². The lowest BCUT2D eigenvalue weighted by molar-refractivity contribution is -0.109. The van der Waals surface area contributed by atoms with Crippen LogP contribution in [0.25, 0.3) is 0 Å². The van der Waals surface area contributed by atoms with Crippen molar-refractivity contribution in [2.45, 2.75) is 32.2 Å². The minimum atomic E-state index is 0.224. The summed E-state index contributed by atoms with van der Waals surface area (Å²) in [5.74, 6) is 2.92. The molecule has 0 amide bonds. The van der Waals surface area contributed by atoms with Crippen molar-refractivity contribution >= 4 is 6.29 Å². The van der Waals surface area contributed by atoms with Crippen molar-refractivity contribution in [1.82, 2.24) is 4.90 Å². The number of hydrogen-bond acceptors (Lipinski definition) is 5. The van der Waals surface area contributed by atoms with Gasteiger partial charge in [-0.2, -0.15) is 0 Å². The van der Waals surface area contributed by atoms with Gasteiger partial charge in [-0.05, 0) is 61.1 Å². The molecule has 27 heavy (non-hydrogen) atoms. The molecule has 0 radical (unpaired) electrons. The maximum atomic E-state index is 11.2. The first-order valence-electron chi connectivity index (χ1n) is 9.50. The van der Waals surface area contributed by atoms with Crippen LogP contribution < -0.4 is 14.2 Å². The first-order valence-corrected chi connectivity index (χ1v) is 9.50. The molecule has 0 spiro atoms. The van der Waals surface area contributed by atoms with Crippen molar-refractivity contribution < 1.29 is 19.0 Å². The van der Waals surface area contributed by atoms with Gasteiger partial charge in [0, 0.05) is 12.6 Å². The number of likely N-dealkylation sites (tertiary alicyclic amines) is 1. The number of ether oxygens (including phenoxy) is 3. The largest absolute Gasteiger partial charge is 0.494 e. The molecule has 5 nitrogen and oxygen atoms in total. The van der Waals surface area contributed by atoms with Crippen molar-refractivity contribution in [3.63, 3.8) is 0 Å². The van der Waals surface area contributed by atoms with E-state index in [0.29, 0.717) is 19.1 Å². The molecule has 2 heterocycles. The minimum absolute atomic E-state index is 0.224. The normalized spacial score (nSPS) is 21.4. The molecular formula is C22H25NO4. The van der Waals surface area contributed by atoms with E-state index < -0.39 is 0 Å². The molecule has 5 heteroatoms. The third kappa shape index (κ3) is 3.52. The van der Waals surface area contributed by atoms with Crippen LogP contribution in [0.2, 0.25) is 0 Å². The van der Waals surface area contributed by atoms with E-state index >= 15 is 0 Å². The molecule has 0 N–H and O–H groups in total. The molecule has 0 saturated carbocycles. The number of rotatable bonds is 6. The summed E-state index contributed by atoms with van der Waals surface area (Å²) >= 11 is 0. The zero-order chi connectivity index (χ0) is 18.8. The SMILES string of the molecule is CCOc1ccc(C2CC(c3cc(C)c4c(c3)OCO4)CN2CC=O)cc1. The van der Waals surface area contributed by atoms with Crippen LogP contribution in [0, 0.1) is 6.92 Å². The third-order valence-electron chi connectivity index (χ3n) is 5.44. The lowest BCUT2D eigenvalue weighted by Crippen LogP contribution is -2.25. The summed E-state index contributed by atoms with van der Waals surface area (Å²) in [6, 6.07) is 12.8. The lowest BCUT2D eigenvalue weighted by atomic mass is 9.92. The quantitative estimate of drug-likeness (QED) is 0.726. The summed E-state index contributed by atoms with van der Waals surface area (Å²) in [7, 11) is 0. The van der Waals surface area contributed by atoms with Crippen LogP contribution in [0.4, 0.5) is 0 Å². The van der Waals surface area contributed by atoms with Crippen LogP contribution in [-0.2, 0) is 4.79 Å². The van der Waals surface area contributed by atoms with E-state index in [-0.39, 0.29) is 12.8 Å². The van der Waals surface area contributed by atoms with Gasteiger partial charge in [0.1, 0.15) is 12.0 Å². The fourth-order valence-corrected chi connectivity index (χ4v) is 4.19. The maximum absolute atomic E-state index is 11.2. The number of aldehydes is 1. The van der Waals surface area contributed by atoms with Crippen molar-refractivity contribution in [3.05, 3.63) is 53.1 Å². The van der Waals surface area contributed by atoms with Crippen molar-refractivity contribution in [3.8, 4) is 17.2 Å². The zero-order valence-electron chi connectivity index (χ0n) is 15.8. The Bertz CT molecular complexity index is 818. The van der Waals surface area contributed by atoms with Crippen LogP contribution in [0.1, 0.15) is 42.0 Å². The Labute approximate surface area is 159 Å². The minimum Gasteiger partial charge on any atom is -0.494 e. The fraction of sp³-hybridized carbons (Fsp3) is 0.409. The average Bonchev–Trinajstić information content (AvgIpc) is 3.30. The Hall–Kier alpha value is -2.53. The number of benzene rings is 2. The van der Waals surface area contributed by atoms with Crippen LogP contribution in [0.5, 0.6) is 17.2 Å². The van der Waals surface area contributed by atoms with Crippen molar-refractivity contribution in [2.24, 2.45) is 0 Å². The fourth-order valence-electron chi connectivity index (χ4n) is 4.19. The molecule has 1 saturated heterocycles. The number of hydrogen-bond donors (Lipinski definition) is 0. The summed E-state index contributed by atoms with van der Waals surface area (Å²) in [5, 5.41) is 0. The molecule has 0 aliphatic carbocycles. The lowest BCUT2D eigenvalue weighted by Gasteiger charge is -2.22. The highest BCUT2D eigenvalue weighted by Crippen LogP contribution is 2.44. The average molecular weight is 367 g/mol. The molecule has 2 aliphatic heterocycles. The van der Waals surface area contributed by atoms with Crippen LogP contribution in [0.3, 0.4) is 0 Å². The number of aryl methyl sites for hydroxylation is 1. The number of carbonyl (C=O) groups is 1. The summed E-state index contributed by atoms with van der Waals surface area (Å²) < 4.78 is 16.7. The zero-order valence-corrected chi connectivity index (χ0v) is 15.8. The molecule has 2 aliphatic rings. The van der Waals surface area contributed by atoms with Gasteiger partial charge in [-0.15, -0.1) is 0 Å². The number of nitrogens with zero attached hydrogens (tertiary/aromatic N) is 1. The molecule has 4 rings (SSSR count). The Balaban J connectivity index is 1.58. The Morgan fingerprint density at radius 2 is 2.00 bits per heavy atom. The molecule has 2 atom stereocenters. The predicted molar refractivity (Wildman–Crippen MR) is 103 cm³/mol. The van der Waals surface area contributed by atoms with E-state index in [1.165, 1.54) is 11.1 Å². The third-order valence-corrected chi connectivity index (χ3v) is 5.44. The topological polar surface area (TPSA) is 48.0 Å².